The molecule has 1 saturated carbocycles. The van der Waals surface area contributed by atoms with E-state index < -0.39 is 5.54 Å². The molecule has 19 heavy (non-hydrogen) atoms. The van der Waals surface area contributed by atoms with Gasteiger partial charge in [0.15, 0.2) is 11.5 Å². The van der Waals surface area contributed by atoms with Crippen molar-refractivity contribution in [3.63, 3.8) is 0 Å². The average Bonchev–Trinajstić information content (AvgIpc) is 2.80. The third-order valence-corrected chi connectivity index (χ3v) is 4.27. The van der Waals surface area contributed by atoms with Crippen molar-refractivity contribution in [2.45, 2.75) is 24.8 Å². The van der Waals surface area contributed by atoms with Crippen LogP contribution >= 0.6 is 15.9 Å². The predicted molar refractivity (Wildman–Crippen MR) is 70.5 cm³/mol. The number of ether oxygens (including phenoxy) is 3. The lowest BCUT2D eigenvalue weighted by Gasteiger charge is -2.38. The first-order valence-electron chi connectivity index (χ1n) is 5.97. The normalized spacial score (nSPS) is 18.4. The van der Waals surface area contributed by atoms with Gasteiger partial charge in [-0.25, -0.2) is 4.79 Å². The van der Waals surface area contributed by atoms with Gasteiger partial charge in [-0.05, 0) is 35.2 Å². The number of methoxy groups -OCH3 is 1. The number of fused-ring (bicyclic) bond motifs is 1. The number of isocyanates is 1. The van der Waals surface area contributed by atoms with Gasteiger partial charge < -0.3 is 14.2 Å². The Hall–Kier alpha value is -1.52. The van der Waals surface area contributed by atoms with Crippen molar-refractivity contribution in [3.8, 4) is 17.2 Å². The summed E-state index contributed by atoms with van der Waals surface area (Å²) in [6.07, 6.45) is 4.25. The van der Waals surface area contributed by atoms with Gasteiger partial charge in [0.25, 0.3) is 0 Å². The van der Waals surface area contributed by atoms with Gasteiger partial charge in [-0.2, -0.15) is 4.99 Å². The molecule has 0 saturated heterocycles. The van der Waals surface area contributed by atoms with Crippen LogP contribution in [0.25, 0.3) is 0 Å². The summed E-state index contributed by atoms with van der Waals surface area (Å²) in [6.45, 7) is 0.169. The van der Waals surface area contributed by atoms with Crippen LogP contribution in [0.2, 0.25) is 0 Å². The SMILES string of the molecule is COc1c(Br)cc2c(c1C1(N=C=O)CCC1)OCO2. The number of rotatable bonds is 3. The number of benzene rings is 1. The van der Waals surface area contributed by atoms with Crippen molar-refractivity contribution in [1.29, 1.82) is 0 Å². The van der Waals surface area contributed by atoms with Gasteiger partial charge in [0.05, 0.1) is 17.1 Å². The Labute approximate surface area is 118 Å². The maximum absolute atomic E-state index is 10.8. The van der Waals surface area contributed by atoms with Crippen LogP contribution in [0.4, 0.5) is 0 Å². The Morgan fingerprint density at radius 1 is 1.47 bits per heavy atom. The van der Waals surface area contributed by atoms with Gasteiger partial charge in [-0.3, -0.25) is 0 Å². The highest BCUT2D eigenvalue weighted by molar-refractivity contribution is 9.10. The summed E-state index contributed by atoms with van der Waals surface area (Å²) in [5.74, 6) is 1.91. The molecule has 0 radical (unpaired) electrons. The lowest BCUT2D eigenvalue weighted by atomic mass is 9.71. The Balaban J connectivity index is 2.26. The fourth-order valence-corrected chi connectivity index (χ4v) is 3.20. The van der Waals surface area contributed by atoms with Crippen LogP contribution < -0.4 is 14.2 Å². The highest BCUT2D eigenvalue weighted by atomic mass is 79.9. The molecule has 1 fully saturated rings. The maximum Gasteiger partial charge on any atom is 0.235 e. The van der Waals surface area contributed by atoms with Crippen molar-refractivity contribution in [2.24, 2.45) is 4.99 Å². The lowest BCUT2D eigenvalue weighted by Crippen LogP contribution is -2.32. The first-order valence-corrected chi connectivity index (χ1v) is 6.77. The van der Waals surface area contributed by atoms with Crippen LogP contribution in [0.3, 0.4) is 0 Å². The van der Waals surface area contributed by atoms with E-state index in [1.54, 1.807) is 13.2 Å². The number of hydrogen-bond donors (Lipinski definition) is 0. The quantitative estimate of drug-likeness (QED) is 0.633. The molecular weight excluding hydrogens is 314 g/mol. The van der Waals surface area contributed by atoms with Crippen molar-refractivity contribution in [2.75, 3.05) is 13.9 Å². The first kappa shape index (κ1) is 12.5. The highest BCUT2D eigenvalue weighted by Gasteiger charge is 2.46. The smallest absolute Gasteiger partial charge is 0.235 e. The molecule has 0 amide bonds. The van der Waals surface area contributed by atoms with Crippen LogP contribution in [0.5, 0.6) is 17.2 Å². The molecule has 0 N–H and O–H groups in total. The van der Waals surface area contributed by atoms with E-state index in [4.69, 9.17) is 14.2 Å². The zero-order valence-electron chi connectivity index (χ0n) is 10.4. The second-order valence-electron chi connectivity index (χ2n) is 4.59. The molecule has 2 aliphatic rings. The molecule has 5 nitrogen and oxygen atoms in total. The van der Waals surface area contributed by atoms with Crippen molar-refractivity contribution < 1.29 is 19.0 Å². The molecule has 0 aromatic heterocycles. The zero-order valence-corrected chi connectivity index (χ0v) is 11.9. The van der Waals surface area contributed by atoms with E-state index in [0.29, 0.717) is 17.2 Å². The average molecular weight is 326 g/mol. The van der Waals surface area contributed by atoms with E-state index in [1.165, 1.54) is 0 Å². The van der Waals surface area contributed by atoms with Gasteiger partial charge >= 0.3 is 0 Å². The Morgan fingerprint density at radius 2 is 2.26 bits per heavy atom. The summed E-state index contributed by atoms with van der Waals surface area (Å²) >= 11 is 3.46. The van der Waals surface area contributed by atoms with E-state index in [-0.39, 0.29) is 6.79 Å². The van der Waals surface area contributed by atoms with E-state index in [0.717, 1.165) is 29.3 Å². The van der Waals surface area contributed by atoms with Gasteiger partial charge in [-0.15, -0.1) is 0 Å². The Bertz CT molecular complexity index is 573. The number of halogens is 1. The van der Waals surface area contributed by atoms with E-state index in [2.05, 4.69) is 20.9 Å². The van der Waals surface area contributed by atoms with Gasteiger partial charge in [-0.1, -0.05) is 0 Å². The van der Waals surface area contributed by atoms with Crippen LogP contribution in [-0.2, 0) is 10.3 Å². The maximum atomic E-state index is 10.8. The molecule has 3 rings (SSSR count). The van der Waals surface area contributed by atoms with Gasteiger partial charge in [0.1, 0.15) is 11.3 Å². The highest BCUT2D eigenvalue weighted by Crippen LogP contribution is 2.57. The molecule has 0 atom stereocenters. The van der Waals surface area contributed by atoms with Crippen LogP contribution in [0, 0.1) is 0 Å². The third-order valence-electron chi connectivity index (χ3n) is 3.68. The van der Waals surface area contributed by atoms with E-state index in [9.17, 15) is 4.79 Å². The molecule has 1 aliphatic carbocycles. The monoisotopic (exact) mass is 325 g/mol. The second kappa shape index (κ2) is 4.54. The summed E-state index contributed by atoms with van der Waals surface area (Å²) in [5.41, 5.74) is 0.195. The molecule has 1 aliphatic heterocycles. The zero-order chi connectivity index (χ0) is 13.5. The first-order chi connectivity index (χ1) is 9.22. The topological polar surface area (TPSA) is 57.1 Å². The number of hydrogen-bond acceptors (Lipinski definition) is 5. The van der Waals surface area contributed by atoms with E-state index >= 15 is 0 Å². The minimum absolute atomic E-state index is 0.169. The summed E-state index contributed by atoms with van der Waals surface area (Å²) in [7, 11) is 1.59. The van der Waals surface area contributed by atoms with Crippen molar-refractivity contribution in [3.05, 3.63) is 16.1 Å². The van der Waals surface area contributed by atoms with E-state index in [1.807, 2.05) is 6.07 Å². The number of carbonyl (C=O) groups excluding carboxylic acids is 1. The lowest BCUT2D eigenvalue weighted by molar-refractivity contribution is 0.168. The largest absolute Gasteiger partial charge is 0.495 e. The van der Waals surface area contributed by atoms with Gasteiger partial charge in [0, 0.05) is 6.07 Å². The van der Waals surface area contributed by atoms with Crippen LogP contribution in [-0.4, -0.2) is 20.0 Å². The Morgan fingerprint density at radius 3 is 2.84 bits per heavy atom. The minimum atomic E-state index is -0.589. The molecule has 0 spiro atoms. The fourth-order valence-electron chi connectivity index (χ4n) is 2.63. The summed E-state index contributed by atoms with van der Waals surface area (Å²) in [4.78, 5) is 14.8. The van der Waals surface area contributed by atoms with Crippen molar-refractivity contribution >= 4 is 22.0 Å². The van der Waals surface area contributed by atoms with Crippen LogP contribution in [0.1, 0.15) is 24.8 Å². The molecule has 0 bridgehead atoms. The molecule has 6 heteroatoms. The second-order valence-corrected chi connectivity index (χ2v) is 5.44. The standard InChI is InChI=1S/C13H12BrNO4/c1-17-11-8(14)5-9-12(19-7-18-9)10(11)13(15-6-16)3-2-4-13/h5H,2-4,7H2,1H3. The van der Waals surface area contributed by atoms with Crippen molar-refractivity contribution in [1.82, 2.24) is 0 Å². The number of nitrogens with zero attached hydrogens (tertiary/aromatic N) is 1. The molecule has 1 aromatic rings. The summed E-state index contributed by atoms with van der Waals surface area (Å²) in [6, 6.07) is 1.81. The Kier molecular flexibility index (Phi) is 2.99. The third kappa shape index (κ3) is 1.75. The molecule has 1 heterocycles. The number of aliphatic imine (C=N–C) groups is 1. The minimum Gasteiger partial charge on any atom is -0.495 e. The summed E-state index contributed by atoms with van der Waals surface area (Å²) < 4.78 is 17.2. The molecule has 1 aromatic carbocycles. The fraction of sp³-hybridized carbons (Fsp3) is 0.462. The molecule has 100 valence electrons. The molecular formula is C13H12BrNO4. The molecule has 0 unspecified atom stereocenters. The summed E-state index contributed by atoms with van der Waals surface area (Å²) in [5, 5.41) is 0. The van der Waals surface area contributed by atoms with Gasteiger partial charge in [0.2, 0.25) is 12.9 Å². The van der Waals surface area contributed by atoms with Crippen LogP contribution in [0.15, 0.2) is 15.5 Å². The predicted octanol–water partition coefficient (Wildman–Crippen LogP) is 2.90.